The summed E-state index contributed by atoms with van der Waals surface area (Å²) in [7, 11) is 1.63. The Morgan fingerprint density at radius 1 is 1.35 bits per heavy atom. The molecular formula is C16H17BrN2O. The van der Waals surface area contributed by atoms with E-state index >= 15 is 0 Å². The number of nitrogens with zero attached hydrogens (tertiary/aromatic N) is 1. The third-order valence-corrected chi connectivity index (χ3v) is 4.52. The molecule has 1 N–H and O–H groups in total. The average Bonchev–Trinajstić information content (AvgIpc) is 2.90. The first-order valence-corrected chi connectivity index (χ1v) is 7.57. The van der Waals surface area contributed by atoms with E-state index in [2.05, 4.69) is 50.5 Å². The molecule has 104 valence electrons. The zero-order chi connectivity index (χ0) is 13.9. The zero-order valence-corrected chi connectivity index (χ0v) is 13.0. The second-order valence-corrected chi connectivity index (χ2v) is 5.84. The molecule has 0 spiro atoms. The van der Waals surface area contributed by atoms with Gasteiger partial charge in [0.05, 0.1) is 7.11 Å². The van der Waals surface area contributed by atoms with Crippen molar-refractivity contribution in [3.05, 3.63) is 57.7 Å². The van der Waals surface area contributed by atoms with Crippen molar-refractivity contribution in [2.75, 3.05) is 7.11 Å². The van der Waals surface area contributed by atoms with Gasteiger partial charge in [-0.1, -0.05) is 34.1 Å². The summed E-state index contributed by atoms with van der Waals surface area (Å²) < 4.78 is 6.30. The molecule has 1 aromatic carbocycles. The maximum Gasteiger partial charge on any atom is 0.212 e. The van der Waals surface area contributed by atoms with Crippen molar-refractivity contribution in [3.63, 3.8) is 0 Å². The topological polar surface area (TPSA) is 34.1 Å². The summed E-state index contributed by atoms with van der Waals surface area (Å²) in [4.78, 5) is 4.23. The highest BCUT2D eigenvalue weighted by molar-refractivity contribution is 9.10. The molecule has 1 aliphatic carbocycles. The summed E-state index contributed by atoms with van der Waals surface area (Å²) in [6, 6.07) is 10.8. The lowest BCUT2D eigenvalue weighted by Gasteiger charge is -2.14. The molecule has 0 saturated carbocycles. The molecule has 4 heteroatoms. The van der Waals surface area contributed by atoms with E-state index in [0.29, 0.717) is 11.9 Å². The van der Waals surface area contributed by atoms with E-state index in [1.165, 1.54) is 21.2 Å². The van der Waals surface area contributed by atoms with Gasteiger partial charge in [0, 0.05) is 29.3 Å². The van der Waals surface area contributed by atoms with Crippen molar-refractivity contribution in [2.24, 2.45) is 0 Å². The molecule has 0 fully saturated rings. The number of pyridine rings is 1. The van der Waals surface area contributed by atoms with Gasteiger partial charge in [0.25, 0.3) is 0 Å². The molecule has 3 rings (SSSR count). The molecule has 0 saturated heterocycles. The molecule has 0 amide bonds. The number of fused-ring (bicyclic) bond motifs is 1. The predicted octanol–water partition coefficient (Wildman–Crippen LogP) is 3.63. The Kier molecular flexibility index (Phi) is 4.03. The van der Waals surface area contributed by atoms with E-state index in [-0.39, 0.29) is 0 Å². The number of ether oxygens (including phenoxy) is 1. The second kappa shape index (κ2) is 5.94. The van der Waals surface area contributed by atoms with E-state index in [1.54, 1.807) is 7.11 Å². The maximum absolute atomic E-state index is 5.07. The molecule has 0 radical (unpaired) electrons. The van der Waals surface area contributed by atoms with Gasteiger partial charge in [-0.15, -0.1) is 0 Å². The number of halogens is 1. The smallest absolute Gasteiger partial charge is 0.212 e. The van der Waals surface area contributed by atoms with Crippen molar-refractivity contribution in [1.29, 1.82) is 0 Å². The van der Waals surface area contributed by atoms with Crippen LogP contribution in [0.15, 0.2) is 41.0 Å². The van der Waals surface area contributed by atoms with Crippen molar-refractivity contribution >= 4 is 15.9 Å². The monoisotopic (exact) mass is 332 g/mol. The highest BCUT2D eigenvalue weighted by Gasteiger charge is 2.23. The zero-order valence-electron chi connectivity index (χ0n) is 11.4. The number of benzene rings is 1. The van der Waals surface area contributed by atoms with Gasteiger partial charge in [0.1, 0.15) is 0 Å². The van der Waals surface area contributed by atoms with Crippen LogP contribution in [0, 0.1) is 0 Å². The van der Waals surface area contributed by atoms with Gasteiger partial charge in [0.15, 0.2) is 0 Å². The summed E-state index contributed by atoms with van der Waals surface area (Å²) >= 11 is 3.63. The first-order valence-electron chi connectivity index (χ1n) is 6.77. The Hall–Kier alpha value is -1.39. The lowest BCUT2D eigenvalue weighted by Crippen LogP contribution is -2.18. The Bertz CT molecular complexity index is 598. The van der Waals surface area contributed by atoms with Crippen molar-refractivity contribution in [2.45, 2.75) is 25.4 Å². The summed E-state index contributed by atoms with van der Waals surface area (Å²) in [6.45, 7) is 0.827. The SMILES string of the molecule is COc1ccc(CNC2CCc3c(Br)cccc32)cn1. The normalized spacial score (nSPS) is 17.0. The predicted molar refractivity (Wildman–Crippen MR) is 82.8 cm³/mol. The van der Waals surface area contributed by atoms with Crippen molar-refractivity contribution < 1.29 is 4.74 Å². The Morgan fingerprint density at radius 2 is 2.25 bits per heavy atom. The van der Waals surface area contributed by atoms with Gasteiger partial charge in [-0.05, 0) is 35.6 Å². The molecule has 20 heavy (non-hydrogen) atoms. The summed E-state index contributed by atoms with van der Waals surface area (Å²) in [6.07, 6.45) is 4.15. The van der Waals surface area contributed by atoms with Gasteiger partial charge < -0.3 is 10.1 Å². The van der Waals surface area contributed by atoms with Gasteiger partial charge >= 0.3 is 0 Å². The lowest BCUT2D eigenvalue weighted by atomic mass is 10.1. The van der Waals surface area contributed by atoms with Crippen LogP contribution in [0.25, 0.3) is 0 Å². The Morgan fingerprint density at radius 3 is 3.00 bits per heavy atom. The molecule has 0 aliphatic heterocycles. The van der Waals surface area contributed by atoms with Crippen molar-refractivity contribution in [3.8, 4) is 5.88 Å². The summed E-state index contributed by atoms with van der Waals surface area (Å²) in [5, 5.41) is 3.62. The molecular weight excluding hydrogens is 316 g/mol. The number of aromatic nitrogens is 1. The standard InChI is InChI=1S/C16H17BrN2O/c1-20-16-8-5-11(10-19-16)9-18-15-7-6-12-13(15)3-2-4-14(12)17/h2-5,8,10,15,18H,6-7,9H2,1H3. The minimum Gasteiger partial charge on any atom is -0.481 e. The first kappa shape index (κ1) is 13.6. The molecule has 1 heterocycles. The number of hydrogen-bond donors (Lipinski definition) is 1. The highest BCUT2D eigenvalue weighted by atomic mass is 79.9. The summed E-state index contributed by atoms with van der Waals surface area (Å²) in [5.74, 6) is 0.656. The van der Waals surface area contributed by atoms with Gasteiger partial charge in [-0.25, -0.2) is 4.98 Å². The quantitative estimate of drug-likeness (QED) is 0.928. The van der Waals surface area contributed by atoms with Crippen LogP contribution >= 0.6 is 15.9 Å². The van der Waals surface area contributed by atoms with Gasteiger partial charge in [-0.2, -0.15) is 0 Å². The number of nitrogens with one attached hydrogen (secondary N) is 1. The fraction of sp³-hybridized carbons (Fsp3) is 0.312. The largest absolute Gasteiger partial charge is 0.481 e. The van der Waals surface area contributed by atoms with E-state index in [4.69, 9.17) is 4.74 Å². The summed E-state index contributed by atoms with van der Waals surface area (Å²) in [5.41, 5.74) is 4.04. The molecule has 1 aliphatic rings. The number of rotatable bonds is 4. The third-order valence-electron chi connectivity index (χ3n) is 3.77. The minimum absolute atomic E-state index is 0.435. The average molecular weight is 333 g/mol. The van der Waals surface area contributed by atoms with Gasteiger partial charge in [0.2, 0.25) is 5.88 Å². The third kappa shape index (κ3) is 2.72. The van der Waals surface area contributed by atoms with Crippen LogP contribution in [-0.2, 0) is 13.0 Å². The molecule has 1 unspecified atom stereocenters. The van der Waals surface area contributed by atoms with E-state index in [9.17, 15) is 0 Å². The minimum atomic E-state index is 0.435. The fourth-order valence-electron chi connectivity index (χ4n) is 2.70. The van der Waals surface area contributed by atoms with E-state index in [1.807, 2.05) is 12.3 Å². The molecule has 1 aromatic heterocycles. The van der Waals surface area contributed by atoms with Crippen LogP contribution < -0.4 is 10.1 Å². The number of methoxy groups -OCH3 is 1. The maximum atomic E-state index is 5.07. The lowest BCUT2D eigenvalue weighted by molar-refractivity contribution is 0.397. The molecule has 1 atom stereocenters. The van der Waals surface area contributed by atoms with Crippen LogP contribution in [0.3, 0.4) is 0 Å². The number of hydrogen-bond acceptors (Lipinski definition) is 3. The fourth-order valence-corrected chi connectivity index (χ4v) is 3.28. The van der Waals surface area contributed by atoms with E-state index < -0.39 is 0 Å². The van der Waals surface area contributed by atoms with Crippen LogP contribution in [0.4, 0.5) is 0 Å². The van der Waals surface area contributed by atoms with Crippen LogP contribution in [0.5, 0.6) is 5.88 Å². The van der Waals surface area contributed by atoms with Gasteiger partial charge in [-0.3, -0.25) is 0 Å². The Labute approximate surface area is 127 Å². The van der Waals surface area contributed by atoms with Crippen molar-refractivity contribution in [1.82, 2.24) is 10.3 Å². The van der Waals surface area contributed by atoms with Crippen LogP contribution in [0.2, 0.25) is 0 Å². The Balaban J connectivity index is 1.67. The van der Waals surface area contributed by atoms with E-state index in [0.717, 1.165) is 19.4 Å². The van der Waals surface area contributed by atoms with Crippen LogP contribution in [0.1, 0.15) is 29.2 Å². The first-order chi connectivity index (χ1) is 9.78. The molecule has 0 bridgehead atoms. The van der Waals surface area contributed by atoms with Crippen LogP contribution in [-0.4, -0.2) is 12.1 Å². The highest BCUT2D eigenvalue weighted by Crippen LogP contribution is 2.35. The molecule has 2 aromatic rings. The molecule has 3 nitrogen and oxygen atoms in total. The second-order valence-electron chi connectivity index (χ2n) is 4.99.